The van der Waals surface area contributed by atoms with E-state index in [1.54, 1.807) is 24.3 Å². The van der Waals surface area contributed by atoms with Crippen LogP contribution in [0.25, 0.3) is 0 Å². The van der Waals surface area contributed by atoms with Crippen LogP contribution in [0.1, 0.15) is 31.2 Å². The number of aryl methyl sites for hydroxylation is 1. The van der Waals surface area contributed by atoms with E-state index < -0.39 is 10.1 Å². The van der Waals surface area contributed by atoms with Gasteiger partial charge in [0.05, 0.1) is 11.0 Å². The van der Waals surface area contributed by atoms with Crippen molar-refractivity contribution < 1.29 is 12.6 Å². The minimum Gasteiger partial charge on any atom is -0.263 e. The third-order valence-electron chi connectivity index (χ3n) is 2.94. The van der Waals surface area contributed by atoms with E-state index >= 15 is 0 Å². The molecule has 0 N–H and O–H groups in total. The summed E-state index contributed by atoms with van der Waals surface area (Å²) in [4.78, 5) is 0.244. The number of rotatable bonds is 3. The third-order valence-corrected chi connectivity index (χ3v) is 4.31. The molecule has 0 heterocycles. The Bertz CT molecular complexity index is 456. The first kappa shape index (κ1) is 12.6. The molecule has 2 rings (SSSR count). The van der Waals surface area contributed by atoms with Crippen molar-refractivity contribution in [2.24, 2.45) is 0 Å². The van der Waals surface area contributed by atoms with Crippen LogP contribution in [-0.2, 0) is 14.3 Å². The lowest BCUT2D eigenvalue weighted by molar-refractivity contribution is 0.181. The highest BCUT2D eigenvalue weighted by molar-refractivity contribution is 7.86. The van der Waals surface area contributed by atoms with E-state index in [9.17, 15) is 8.42 Å². The van der Waals surface area contributed by atoms with Gasteiger partial charge in [0.25, 0.3) is 10.1 Å². The summed E-state index contributed by atoms with van der Waals surface area (Å²) in [5, 5.41) is 0. The maximum atomic E-state index is 12.0. The lowest BCUT2D eigenvalue weighted by Gasteiger charge is -2.21. The first-order chi connectivity index (χ1) is 8.08. The number of benzene rings is 1. The van der Waals surface area contributed by atoms with Gasteiger partial charge in [0.15, 0.2) is 0 Å². The van der Waals surface area contributed by atoms with Crippen LogP contribution < -0.4 is 0 Å². The van der Waals surface area contributed by atoms with Crippen molar-refractivity contribution in [2.75, 3.05) is 0 Å². The Labute approximate surface area is 103 Å². The topological polar surface area (TPSA) is 43.4 Å². The summed E-state index contributed by atoms with van der Waals surface area (Å²) in [5.41, 5.74) is 1.04. The zero-order valence-corrected chi connectivity index (χ0v) is 10.7. The highest BCUT2D eigenvalue weighted by Gasteiger charge is 2.23. The fourth-order valence-corrected chi connectivity index (χ4v) is 3.05. The molecule has 1 aromatic rings. The molecule has 0 spiro atoms. The second kappa shape index (κ2) is 5.19. The molecule has 17 heavy (non-hydrogen) atoms. The Balaban J connectivity index is 2.10. The van der Waals surface area contributed by atoms with Gasteiger partial charge in [-0.25, -0.2) is 0 Å². The van der Waals surface area contributed by atoms with Gasteiger partial charge in [0, 0.05) is 0 Å². The van der Waals surface area contributed by atoms with Crippen LogP contribution in [0.4, 0.5) is 0 Å². The van der Waals surface area contributed by atoms with Crippen LogP contribution in [0.5, 0.6) is 0 Å². The van der Waals surface area contributed by atoms with Gasteiger partial charge in [-0.15, -0.1) is 0 Å². The van der Waals surface area contributed by atoms with Gasteiger partial charge in [-0.1, -0.05) is 24.1 Å². The van der Waals surface area contributed by atoms with Crippen molar-refractivity contribution >= 4 is 10.1 Å². The Kier molecular flexibility index (Phi) is 3.84. The quantitative estimate of drug-likeness (QED) is 0.778. The molecule has 1 fully saturated rings. The van der Waals surface area contributed by atoms with Gasteiger partial charge in [0.1, 0.15) is 0 Å². The van der Waals surface area contributed by atoms with Gasteiger partial charge in [-0.05, 0) is 44.7 Å². The summed E-state index contributed by atoms with van der Waals surface area (Å²) in [7, 11) is -3.60. The monoisotopic (exact) mass is 253 g/mol. The van der Waals surface area contributed by atoms with Gasteiger partial charge < -0.3 is 0 Å². The molecule has 4 heteroatoms. The van der Waals surface area contributed by atoms with Gasteiger partial charge in [-0.2, -0.15) is 8.42 Å². The number of hydrogen-bond acceptors (Lipinski definition) is 3. The van der Waals surface area contributed by atoms with Crippen LogP contribution in [0.3, 0.4) is 0 Å². The van der Waals surface area contributed by atoms with Crippen LogP contribution >= 0.6 is 0 Å². The largest absolute Gasteiger partial charge is 0.297 e. The molecule has 0 saturated heterocycles. The smallest absolute Gasteiger partial charge is 0.263 e. The molecule has 1 unspecified atom stereocenters. The second-order valence-corrected chi connectivity index (χ2v) is 6.01. The normalized spacial score (nSPS) is 18.2. The van der Waals surface area contributed by atoms with Gasteiger partial charge in [0.2, 0.25) is 0 Å². The van der Waals surface area contributed by atoms with Crippen LogP contribution in [0.2, 0.25) is 0 Å². The molecule has 93 valence electrons. The van der Waals surface area contributed by atoms with Crippen LogP contribution in [-0.4, -0.2) is 14.5 Å². The molecule has 1 aliphatic carbocycles. The zero-order chi connectivity index (χ0) is 12.3. The predicted molar refractivity (Wildman–Crippen MR) is 66.0 cm³/mol. The summed E-state index contributed by atoms with van der Waals surface area (Å²) >= 11 is 0. The van der Waals surface area contributed by atoms with E-state index in [1.807, 2.05) is 6.92 Å². The highest BCUT2D eigenvalue weighted by Crippen LogP contribution is 2.24. The Morgan fingerprint density at radius 1 is 1.24 bits per heavy atom. The van der Waals surface area contributed by atoms with E-state index in [4.69, 9.17) is 4.18 Å². The molecular weight excluding hydrogens is 236 g/mol. The summed E-state index contributed by atoms with van der Waals surface area (Å²) in [6, 6.07) is 6.75. The average molecular weight is 253 g/mol. The maximum Gasteiger partial charge on any atom is 0.297 e. The Morgan fingerprint density at radius 2 is 1.94 bits per heavy atom. The van der Waals surface area contributed by atoms with Gasteiger partial charge >= 0.3 is 0 Å². The van der Waals surface area contributed by atoms with Crippen molar-refractivity contribution in [2.45, 2.75) is 43.6 Å². The van der Waals surface area contributed by atoms with Crippen molar-refractivity contribution in [1.82, 2.24) is 0 Å². The first-order valence-corrected chi connectivity index (χ1v) is 7.30. The molecule has 0 amide bonds. The molecule has 0 bridgehead atoms. The molecule has 1 aromatic carbocycles. The SMILES string of the molecule is Cc1ccc(S(=O)(=O)OC2C[CH]CCC2)cc1. The van der Waals surface area contributed by atoms with E-state index in [1.165, 1.54) is 0 Å². The van der Waals surface area contributed by atoms with Crippen LogP contribution in [0, 0.1) is 13.3 Å². The van der Waals surface area contributed by atoms with Crippen molar-refractivity contribution in [3.63, 3.8) is 0 Å². The fraction of sp³-hybridized carbons (Fsp3) is 0.462. The average Bonchev–Trinajstić information content (AvgIpc) is 2.30. The Hall–Kier alpha value is -0.870. The van der Waals surface area contributed by atoms with E-state index in [0.29, 0.717) is 0 Å². The molecule has 1 atom stereocenters. The standard InChI is InChI=1S/C13H17O3S/c1-11-7-9-13(10-8-11)17(14,15)16-12-5-3-2-4-6-12/h3,7-10,12H,2,4-6H2,1H3. The highest BCUT2D eigenvalue weighted by atomic mass is 32.2. The van der Waals surface area contributed by atoms with E-state index in [2.05, 4.69) is 6.42 Å². The summed E-state index contributed by atoms with van der Waals surface area (Å²) in [5.74, 6) is 0. The zero-order valence-electron chi connectivity index (χ0n) is 9.93. The maximum absolute atomic E-state index is 12.0. The van der Waals surface area contributed by atoms with Crippen molar-refractivity contribution in [3.8, 4) is 0 Å². The molecule has 1 aliphatic rings. The molecule has 0 aliphatic heterocycles. The molecule has 1 radical (unpaired) electrons. The summed E-state index contributed by atoms with van der Waals surface area (Å²) in [6.45, 7) is 1.92. The minimum atomic E-state index is -3.60. The molecule has 3 nitrogen and oxygen atoms in total. The summed E-state index contributed by atoms with van der Waals surface area (Å²) in [6.07, 6.45) is 5.53. The lowest BCUT2D eigenvalue weighted by Crippen LogP contribution is -2.21. The Morgan fingerprint density at radius 3 is 2.53 bits per heavy atom. The minimum absolute atomic E-state index is 0.185. The molecular formula is C13H17O3S. The predicted octanol–water partition coefficient (Wildman–Crippen LogP) is 2.85. The lowest BCUT2D eigenvalue weighted by atomic mass is 9.98. The molecule has 1 saturated carbocycles. The summed E-state index contributed by atoms with van der Waals surface area (Å²) < 4.78 is 29.2. The first-order valence-electron chi connectivity index (χ1n) is 5.89. The second-order valence-electron chi connectivity index (χ2n) is 4.44. The van der Waals surface area contributed by atoms with Crippen molar-refractivity contribution in [3.05, 3.63) is 36.2 Å². The van der Waals surface area contributed by atoms with E-state index in [-0.39, 0.29) is 11.0 Å². The van der Waals surface area contributed by atoms with Crippen molar-refractivity contribution in [1.29, 1.82) is 0 Å². The fourth-order valence-electron chi connectivity index (χ4n) is 1.94. The van der Waals surface area contributed by atoms with Gasteiger partial charge in [-0.3, -0.25) is 4.18 Å². The van der Waals surface area contributed by atoms with Crippen LogP contribution in [0.15, 0.2) is 29.2 Å². The number of hydrogen-bond donors (Lipinski definition) is 0. The third kappa shape index (κ3) is 3.30. The van der Waals surface area contributed by atoms with E-state index in [0.717, 1.165) is 31.2 Å². The molecule has 0 aromatic heterocycles.